The van der Waals surface area contributed by atoms with E-state index in [0.717, 1.165) is 19.3 Å². The summed E-state index contributed by atoms with van der Waals surface area (Å²) in [4.78, 5) is 24.8. The minimum Gasteiger partial charge on any atom is -0.748 e. The predicted octanol–water partition coefficient (Wildman–Crippen LogP) is 6.15. The van der Waals surface area contributed by atoms with E-state index < -0.39 is 27.8 Å². The van der Waals surface area contributed by atoms with Crippen molar-refractivity contribution in [2.45, 2.75) is 148 Å². The van der Waals surface area contributed by atoms with E-state index in [9.17, 15) is 22.6 Å². The molecule has 0 N–H and O–H groups in total. The van der Waals surface area contributed by atoms with Gasteiger partial charge in [-0.25, -0.2) is 18.0 Å². The molecule has 0 amide bonds. The van der Waals surface area contributed by atoms with Crippen molar-refractivity contribution in [1.82, 2.24) is 0 Å². The molecular weight excluding hydrogens is 592 g/mol. The number of carbonyl (C=O) groups is 2. The Labute approximate surface area is 305 Å². The molecule has 0 aliphatic heterocycles. The van der Waals surface area contributed by atoms with Crippen molar-refractivity contribution in [3.05, 3.63) is 35.4 Å². The second-order valence-electron chi connectivity index (χ2n) is 11.5. The van der Waals surface area contributed by atoms with Crippen molar-refractivity contribution in [2.24, 2.45) is 0 Å². The third kappa shape index (κ3) is 25.6. The number of carbonyl (C=O) groups excluding carboxylic acids is 2. The Morgan fingerprint density at radius 1 is 0.558 bits per heavy atom. The molecule has 43 heavy (non-hydrogen) atoms. The molecule has 0 aromatic heterocycles. The molecule has 0 fully saturated rings. The number of rotatable bonds is 28. The smallest absolute Gasteiger partial charge is 0.748 e. The van der Waals surface area contributed by atoms with Crippen LogP contribution < -0.4 is 51.4 Å². The van der Waals surface area contributed by atoms with Gasteiger partial charge in [0.25, 0.3) is 0 Å². The van der Waals surface area contributed by atoms with Gasteiger partial charge in [0.2, 0.25) is 0 Å². The van der Waals surface area contributed by atoms with E-state index in [1.165, 1.54) is 128 Å². The van der Waals surface area contributed by atoms with E-state index in [-0.39, 0.29) is 75.5 Å². The molecule has 0 heterocycles. The van der Waals surface area contributed by atoms with Gasteiger partial charge in [-0.1, -0.05) is 147 Å². The zero-order valence-electron chi connectivity index (χ0n) is 27.3. The van der Waals surface area contributed by atoms with Crippen LogP contribution in [0.25, 0.3) is 0 Å². The van der Waals surface area contributed by atoms with E-state index in [4.69, 9.17) is 9.47 Å². The largest absolute Gasteiger partial charge is 1.00 e. The number of hydrogen-bond donors (Lipinski definition) is 0. The molecule has 0 atom stereocenters. The molecule has 9 heteroatoms. The van der Waals surface area contributed by atoms with Crippen LogP contribution in [0.1, 0.15) is 169 Å². The second kappa shape index (κ2) is 29.1. The molecule has 0 saturated heterocycles. The average molecular weight is 649 g/mol. The quantitative estimate of drug-likeness (QED) is 0.0464. The zero-order chi connectivity index (χ0) is 30.7. The van der Waals surface area contributed by atoms with Gasteiger partial charge in [-0.15, -0.1) is 0 Å². The first-order valence-corrected chi connectivity index (χ1v) is 18.3. The maximum absolute atomic E-state index is 12.5. The van der Waals surface area contributed by atoms with Crippen LogP contribution in [0.5, 0.6) is 0 Å². The molecule has 0 bridgehead atoms. The van der Waals surface area contributed by atoms with Crippen molar-refractivity contribution in [3.8, 4) is 0 Å². The Bertz CT molecular complexity index is 936. The van der Waals surface area contributed by atoms with Crippen molar-refractivity contribution in [2.75, 3.05) is 19.0 Å². The summed E-state index contributed by atoms with van der Waals surface area (Å²) in [5.74, 6) is -1.94. The summed E-state index contributed by atoms with van der Waals surface area (Å²) < 4.78 is 42.3. The molecule has 0 aliphatic rings. The molecule has 7 nitrogen and oxygen atoms in total. The summed E-state index contributed by atoms with van der Waals surface area (Å²) in [7, 11) is -4.36. The Morgan fingerprint density at radius 2 is 0.860 bits per heavy atom. The van der Waals surface area contributed by atoms with Gasteiger partial charge in [-0.2, -0.15) is 0 Å². The molecule has 1 aromatic carbocycles. The summed E-state index contributed by atoms with van der Waals surface area (Å²) in [6.07, 6.45) is 27.5. The van der Waals surface area contributed by atoms with Gasteiger partial charge in [-0.3, -0.25) is 0 Å². The molecule has 0 saturated carbocycles. The van der Waals surface area contributed by atoms with Crippen LogP contribution in [0.15, 0.2) is 24.3 Å². The molecule has 0 spiro atoms. The second-order valence-corrected chi connectivity index (χ2v) is 13.0. The summed E-state index contributed by atoms with van der Waals surface area (Å²) in [5, 5.41) is 0. The van der Waals surface area contributed by atoms with E-state index in [2.05, 4.69) is 6.92 Å². The normalized spacial score (nSPS) is 11.2. The fourth-order valence-corrected chi connectivity index (χ4v) is 5.57. The average Bonchev–Trinajstić information content (AvgIpc) is 2.97. The van der Waals surface area contributed by atoms with Crippen molar-refractivity contribution >= 4 is 22.1 Å². The zero-order valence-corrected chi connectivity index (χ0v) is 31.2. The van der Waals surface area contributed by atoms with E-state index >= 15 is 0 Å². The molecular formula is C34H57KO7S. The van der Waals surface area contributed by atoms with Crippen LogP contribution in [0.3, 0.4) is 0 Å². The van der Waals surface area contributed by atoms with Crippen LogP contribution in [-0.2, 0) is 19.6 Å². The number of ether oxygens (including phenoxy) is 2. The van der Waals surface area contributed by atoms with Gasteiger partial charge >= 0.3 is 63.3 Å². The minimum atomic E-state index is -4.36. The van der Waals surface area contributed by atoms with Gasteiger partial charge in [0.1, 0.15) is 0 Å². The number of benzene rings is 1. The molecule has 0 unspecified atom stereocenters. The van der Waals surface area contributed by atoms with Crippen molar-refractivity contribution < 1.29 is 83.4 Å². The minimum absolute atomic E-state index is 0. The first kappa shape index (κ1) is 42.7. The maximum Gasteiger partial charge on any atom is 1.00 e. The van der Waals surface area contributed by atoms with Gasteiger partial charge in [0, 0.05) is 5.75 Å². The summed E-state index contributed by atoms with van der Waals surface area (Å²) in [5.41, 5.74) is 0.175. The van der Waals surface area contributed by atoms with E-state index in [1.54, 1.807) is 12.1 Å². The van der Waals surface area contributed by atoms with Gasteiger partial charge in [0.15, 0.2) is 0 Å². The van der Waals surface area contributed by atoms with Crippen LogP contribution in [0, 0.1) is 0 Å². The number of esters is 2. The first-order chi connectivity index (χ1) is 20.3. The summed E-state index contributed by atoms with van der Waals surface area (Å²) in [6, 6.07) is 6.20. The predicted molar refractivity (Wildman–Crippen MR) is 169 cm³/mol. The topological polar surface area (TPSA) is 110 Å². The SMILES string of the molecule is CCCCCCCCCCCCCCCCCCCCCCCOC(=O)c1ccccc1C(=O)OCCCS(=O)(=O)[O-].[K+]. The Kier molecular flexibility index (Phi) is 28.9. The number of unbranched alkanes of at least 4 members (excludes halogenated alkanes) is 20. The Hall–Kier alpha value is -0.294. The fraction of sp³-hybridized carbons (Fsp3) is 0.765. The standard InChI is InChI=1S/C34H58O7S.K/c1-2-3-4-5-6-7-8-9-10-11-12-13-14-15-16-17-18-19-20-21-24-28-40-33(35)31-26-22-23-27-32(31)34(36)41-29-25-30-42(37,38)39;/h22-23,26-27H,2-21,24-25,28-30H2,1H3,(H,37,38,39);/q;+1/p-1. The van der Waals surface area contributed by atoms with Gasteiger partial charge in [-0.05, 0) is 25.0 Å². The summed E-state index contributed by atoms with van der Waals surface area (Å²) in [6.45, 7) is 2.35. The van der Waals surface area contributed by atoms with Crippen LogP contribution in [-0.4, -0.2) is 43.9 Å². The maximum atomic E-state index is 12.5. The van der Waals surface area contributed by atoms with E-state index in [0.29, 0.717) is 6.61 Å². The molecule has 0 aliphatic carbocycles. The van der Waals surface area contributed by atoms with Crippen molar-refractivity contribution in [3.63, 3.8) is 0 Å². The van der Waals surface area contributed by atoms with Crippen LogP contribution in [0.4, 0.5) is 0 Å². The van der Waals surface area contributed by atoms with Crippen molar-refractivity contribution in [1.29, 1.82) is 0 Å². The molecule has 0 radical (unpaired) electrons. The Balaban J connectivity index is 0.0000176. The summed E-state index contributed by atoms with van der Waals surface area (Å²) >= 11 is 0. The van der Waals surface area contributed by atoms with Crippen LogP contribution in [0.2, 0.25) is 0 Å². The molecule has 1 rings (SSSR count). The fourth-order valence-electron chi connectivity index (χ4n) is 5.09. The van der Waals surface area contributed by atoms with Gasteiger partial charge in [0.05, 0.1) is 34.5 Å². The third-order valence-corrected chi connectivity index (χ3v) is 8.41. The first-order valence-electron chi connectivity index (χ1n) is 16.7. The Morgan fingerprint density at radius 3 is 1.19 bits per heavy atom. The van der Waals surface area contributed by atoms with Gasteiger partial charge < -0.3 is 14.0 Å². The number of hydrogen-bond acceptors (Lipinski definition) is 7. The molecule has 242 valence electrons. The third-order valence-electron chi connectivity index (χ3n) is 7.62. The van der Waals surface area contributed by atoms with Crippen LogP contribution >= 0.6 is 0 Å². The molecule has 1 aromatic rings. The van der Waals surface area contributed by atoms with E-state index in [1.807, 2.05) is 0 Å². The monoisotopic (exact) mass is 648 g/mol.